The molecule has 0 atom stereocenters. The van der Waals surface area contributed by atoms with Crippen molar-refractivity contribution < 1.29 is 23.2 Å². The minimum absolute atomic E-state index is 0.0320. The van der Waals surface area contributed by atoms with Crippen molar-refractivity contribution in [1.82, 2.24) is 4.98 Å². The number of hydrogen-bond donors (Lipinski definition) is 3. The van der Waals surface area contributed by atoms with Crippen LogP contribution in [-0.4, -0.2) is 30.7 Å². The summed E-state index contributed by atoms with van der Waals surface area (Å²) in [6, 6.07) is 13.0. The van der Waals surface area contributed by atoms with Crippen molar-refractivity contribution in [2.45, 2.75) is 23.8 Å². The molecule has 1 aliphatic rings. The molecule has 0 saturated heterocycles. The Morgan fingerprint density at radius 1 is 1.14 bits per heavy atom. The molecule has 0 spiro atoms. The van der Waals surface area contributed by atoms with Gasteiger partial charge in [-0.2, -0.15) is 0 Å². The Labute approximate surface area is 169 Å². The Balaban J connectivity index is 1.60. The van der Waals surface area contributed by atoms with E-state index in [0.29, 0.717) is 29.9 Å². The number of aromatic hydroxyl groups is 1. The molecular weight excluding hydrogens is 391 g/mol. The van der Waals surface area contributed by atoms with E-state index in [-0.39, 0.29) is 16.4 Å². The number of rotatable bonds is 6. The molecule has 0 aliphatic carbocycles. The molecule has 148 valence electrons. The highest BCUT2D eigenvalue weighted by Crippen LogP contribution is 2.29. The topological polar surface area (TPSA) is 109 Å². The highest BCUT2D eigenvalue weighted by molar-refractivity contribution is 7.90. The van der Waals surface area contributed by atoms with Gasteiger partial charge in [-0.25, -0.2) is 8.42 Å². The fourth-order valence-corrected chi connectivity index (χ4v) is 4.79. The van der Waals surface area contributed by atoms with Crippen molar-refractivity contribution in [2.24, 2.45) is 0 Å². The Bertz CT molecular complexity index is 1140. The molecular formula is C20H19BN2O5S. The second kappa shape index (κ2) is 7.86. The standard InChI is InChI=1S/C20H19BN2O5S/c24-17-5-6-20(19(9-17)23-11-15-2-1-7-22-10-15)29(26,27)13-14-3-4-16-12-28-21(25)18(16)8-14/h1-10,23-25H,11-13H2. The van der Waals surface area contributed by atoms with Gasteiger partial charge in [-0.3, -0.25) is 4.98 Å². The van der Waals surface area contributed by atoms with E-state index in [1.54, 1.807) is 36.7 Å². The lowest BCUT2D eigenvalue weighted by Gasteiger charge is -2.14. The quantitative estimate of drug-likeness (QED) is 0.530. The normalized spacial score (nSPS) is 13.3. The van der Waals surface area contributed by atoms with Gasteiger partial charge < -0.3 is 20.1 Å². The van der Waals surface area contributed by atoms with Gasteiger partial charge in [0.25, 0.3) is 0 Å². The number of nitrogens with one attached hydrogen (secondary N) is 1. The zero-order valence-corrected chi connectivity index (χ0v) is 16.3. The first-order chi connectivity index (χ1) is 13.9. The van der Waals surface area contributed by atoms with E-state index in [1.807, 2.05) is 6.07 Å². The maximum absolute atomic E-state index is 13.1. The van der Waals surface area contributed by atoms with E-state index in [2.05, 4.69) is 10.3 Å². The van der Waals surface area contributed by atoms with Gasteiger partial charge >= 0.3 is 7.12 Å². The van der Waals surface area contributed by atoms with Gasteiger partial charge in [0.2, 0.25) is 0 Å². The lowest BCUT2D eigenvalue weighted by Crippen LogP contribution is -2.28. The number of phenols is 1. The molecule has 7 nitrogen and oxygen atoms in total. The molecule has 0 unspecified atom stereocenters. The Kier molecular flexibility index (Phi) is 5.27. The second-order valence-corrected chi connectivity index (χ2v) is 8.81. The average molecular weight is 410 g/mol. The number of pyridine rings is 1. The van der Waals surface area contributed by atoms with Crippen LogP contribution < -0.4 is 10.8 Å². The van der Waals surface area contributed by atoms with E-state index in [4.69, 9.17) is 4.65 Å². The van der Waals surface area contributed by atoms with Crippen molar-refractivity contribution in [2.75, 3.05) is 5.32 Å². The first-order valence-corrected chi connectivity index (χ1v) is 10.7. The summed E-state index contributed by atoms with van der Waals surface area (Å²) >= 11 is 0. The summed E-state index contributed by atoms with van der Waals surface area (Å²) in [5.41, 5.74) is 3.20. The van der Waals surface area contributed by atoms with E-state index in [0.717, 1.165) is 11.1 Å². The molecule has 0 bridgehead atoms. The minimum atomic E-state index is -3.71. The maximum Gasteiger partial charge on any atom is 0.491 e. The molecule has 0 amide bonds. The molecule has 0 radical (unpaired) electrons. The Morgan fingerprint density at radius 2 is 2.00 bits per heavy atom. The van der Waals surface area contributed by atoms with E-state index in [1.165, 1.54) is 18.2 Å². The zero-order chi connectivity index (χ0) is 20.4. The molecule has 0 fully saturated rings. The smallest absolute Gasteiger partial charge is 0.491 e. The minimum Gasteiger partial charge on any atom is -0.508 e. The lowest BCUT2D eigenvalue weighted by atomic mass is 9.79. The first-order valence-electron chi connectivity index (χ1n) is 9.02. The maximum atomic E-state index is 13.1. The third-order valence-electron chi connectivity index (χ3n) is 4.73. The van der Waals surface area contributed by atoms with Gasteiger partial charge in [0.1, 0.15) is 5.75 Å². The van der Waals surface area contributed by atoms with Gasteiger partial charge in [0.15, 0.2) is 9.84 Å². The highest BCUT2D eigenvalue weighted by atomic mass is 32.2. The summed E-state index contributed by atoms with van der Waals surface area (Å²) in [7, 11) is -4.74. The molecule has 2 aromatic carbocycles. The van der Waals surface area contributed by atoms with Gasteiger partial charge in [-0.15, -0.1) is 0 Å². The number of fused-ring (bicyclic) bond motifs is 1. The molecule has 29 heavy (non-hydrogen) atoms. The van der Waals surface area contributed by atoms with Gasteiger partial charge in [0.05, 0.1) is 22.9 Å². The molecule has 1 aliphatic heterocycles. The third-order valence-corrected chi connectivity index (χ3v) is 6.47. The molecule has 2 heterocycles. The summed E-state index contributed by atoms with van der Waals surface area (Å²) in [6.07, 6.45) is 3.34. The predicted molar refractivity (Wildman–Crippen MR) is 109 cm³/mol. The SMILES string of the molecule is O=S(=O)(Cc1ccc2c(c1)B(O)OC2)c1ccc(O)cc1NCc1cccnc1. The van der Waals surface area contributed by atoms with Crippen LogP contribution in [0.4, 0.5) is 5.69 Å². The first kappa shape index (κ1) is 19.4. The highest BCUT2D eigenvalue weighted by Gasteiger charge is 2.28. The van der Waals surface area contributed by atoms with Crippen LogP contribution >= 0.6 is 0 Å². The molecule has 0 saturated carbocycles. The number of sulfone groups is 1. The van der Waals surface area contributed by atoms with Crippen LogP contribution in [0.25, 0.3) is 0 Å². The van der Waals surface area contributed by atoms with Gasteiger partial charge in [-0.05, 0) is 40.4 Å². The van der Waals surface area contributed by atoms with Crippen molar-refractivity contribution >= 4 is 28.1 Å². The summed E-state index contributed by atoms with van der Waals surface area (Å²) in [4.78, 5) is 4.13. The van der Waals surface area contributed by atoms with Crippen LogP contribution in [0.3, 0.4) is 0 Å². The average Bonchev–Trinajstić information content (AvgIpc) is 3.07. The summed E-state index contributed by atoms with van der Waals surface area (Å²) in [6.45, 7) is 0.673. The number of nitrogens with zero attached hydrogens (tertiary/aromatic N) is 1. The summed E-state index contributed by atoms with van der Waals surface area (Å²) < 4.78 is 31.4. The monoisotopic (exact) mass is 410 g/mol. The van der Waals surface area contributed by atoms with Gasteiger partial charge in [-0.1, -0.05) is 24.3 Å². The van der Waals surface area contributed by atoms with Crippen LogP contribution in [0.2, 0.25) is 0 Å². The van der Waals surface area contributed by atoms with Crippen LogP contribution in [-0.2, 0) is 33.4 Å². The van der Waals surface area contributed by atoms with Crippen molar-refractivity contribution in [3.63, 3.8) is 0 Å². The predicted octanol–water partition coefficient (Wildman–Crippen LogP) is 1.59. The van der Waals surface area contributed by atoms with Crippen molar-refractivity contribution in [3.05, 3.63) is 77.6 Å². The van der Waals surface area contributed by atoms with Crippen LogP contribution in [0, 0.1) is 0 Å². The molecule has 4 rings (SSSR count). The van der Waals surface area contributed by atoms with Gasteiger partial charge in [0, 0.05) is 25.0 Å². The fourth-order valence-electron chi connectivity index (χ4n) is 3.28. The number of hydrogen-bond acceptors (Lipinski definition) is 7. The van der Waals surface area contributed by atoms with Crippen molar-refractivity contribution in [3.8, 4) is 5.75 Å². The number of anilines is 1. The van der Waals surface area contributed by atoms with Crippen LogP contribution in [0.15, 0.2) is 65.8 Å². The summed E-state index contributed by atoms with van der Waals surface area (Å²) in [5.74, 6) is -0.269. The number of benzene rings is 2. The largest absolute Gasteiger partial charge is 0.508 e. The summed E-state index contributed by atoms with van der Waals surface area (Å²) in [5, 5.41) is 22.8. The molecule has 1 aromatic heterocycles. The molecule has 3 aromatic rings. The van der Waals surface area contributed by atoms with E-state index >= 15 is 0 Å². The fraction of sp³-hybridized carbons (Fsp3) is 0.150. The van der Waals surface area contributed by atoms with E-state index < -0.39 is 17.0 Å². The van der Waals surface area contributed by atoms with Crippen molar-refractivity contribution in [1.29, 1.82) is 0 Å². The second-order valence-electron chi connectivity index (χ2n) is 6.85. The molecule has 9 heteroatoms. The zero-order valence-electron chi connectivity index (χ0n) is 15.4. The molecule has 3 N–H and O–H groups in total. The Morgan fingerprint density at radius 3 is 2.79 bits per heavy atom. The lowest BCUT2D eigenvalue weighted by molar-refractivity contribution is 0.275. The van der Waals surface area contributed by atoms with Crippen LogP contribution in [0.1, 0.15) is 16.7 Å². The van der Waals surface area contributed by atoms with Crippen LogP contribution in [0.5, 0.6) is 5.75 Å². The Hall–Kier alpha value is -2.88. The number of phenolic OH excluding ortho intramolecular Hbond substituents is 1. The third kappa shape index (κ3) is 4.27. The van der Waals surface area contributed by atoms with E-state index in [9.17, 15) is 18.5 Å². The number of aromatic nitrogens is 1.